The van der Waals surface area contributed by atoms with Gasteiger partial charge in [0.05, 0.1) is 6.04 Å². The van der Waals surface area contributed by atoms with Crippen molar-refractivity contribution in [1.29, 1.82) is 0 Å². The minimum Gasteiger partial charge on any atom is -0.320 e. The Balaban J connectivity index is 1.39. The van der Waals surface area contributed by atoms with E-state index in [0.717, 1.165) is 32.7 Å². The summed E-state index contributed by atoms with van der Waals surface area (Å²) < 4.78 is 0. The second kappa shape index (κ2) is 6.52. The van der Waals surface area contributed by atoms with Crippen LogP contribution in [0.1, 0.15) is 37.7 Å². The summed E-state index contributed by atoms with van der Waals surface area (Å²) in [7, 11) is 0. The Kier molecular flexibility index (Phi) is 4.25. The number of hydrogen-bond donors (Lipinski definition) is 0. The zero-order valence-corrected chi connectivity index (χ0v) is 13.9. The van der Waals surface area contributed by atoms with Crippen molar-refractivity contribution in [3.8, 4) is 0 Å². The molecule has 1 aromatic rings. The van der Waals surface area contributed by atoms with Gasteiger partial charge in [0.1, 0.15) is 0 Å². The molecule has 0 unspecified atom stereocenters. The first-order valence-corrected chi connectivity index (χ1v) is 9.15. The highest BCUT2D eigenvalue weighted by Crippen LogP contribution is 2.29. The average Bonchev–Trinajstić information content (AvgIpc) is 2.93. The van der Waals surface area contributed by atoms with Crippen molar-refractivity contribution >= 4 is 6.03 Å². The molecule has 0 radical (unpaired) electrons. The molecule has 4 rings (SSSR count). The quantitative estimate of drug-likeness (QED) is 0.858. The Morgan fingerprint density at radius 1 is 0.870 bits per heavy atom. The standard InChI is InChI=1S/C19H27N3O/c23-19-21-12-11-20(13-16-7-3-1-4-8-16)14-18(21)15-22(19)17-9-5-2-6-10-17/h1,3-4,7-8,17-18H,2,5-6,9-15H2/t18-/m1/s1. The van der Waals surface area contributed by atoms with E-state index in [-0.39, 0.29) is 0 Å². The van der Waals surface area contributed by atoms with Gasteiger partial charge in [-0.15, -0.1) is 0 Å². The van der Waals surface area contributed by atoms with Crippen molar-refractivity contribution in [3.05, 3.63) is 35.9 Å². The molecule has 23 heavy (non-hydrogen) atoms. The van der Waals surface area contributed by atoms with Gasteiger partial charge in [-0.2, -0.15) is 0 Å². The first-order chi connectivity index (χ1) is 11.3. The number of piperazine rings is 1. The maximum Gasteiger partial charge on any atom is 0.320 e. The average molecular weight is 313 g/mol. The summed E-state index contributed by atoms with van der Waals surface area (Å²) in [6.07, 6.45) is 6.34. The Bertz CT molecular complexity index is 541. The molecule has 0 N–H and O–H groups in total. The second-order valence-electron chi connectivity index (χ2n) is 7.29. The van der Waals surface area contributed by atoms with Gasteiger partial charge in [0.2, 0.25) is 0 Å². The maximum atomic E-state index is 12.7. The third kappa shape index (κ3) is 3.09. The minimum absolute atomic E-state index is 0.307. The molecule has 0 bridgehead atoms. The van der Waals surface area contributed by atoms with E-state index in [0.29, 0.717) is 18.1 Å². The van der Waals surface area contributed by atoms with Crippen LogP contribution in [0.5, 0.6) is 0 Å². The van der Waals surface area contributed by atoms with Gasteiger partial charge < -0.3 is 9.80 Å². The number of benzene rings is 1. The molecule has 1 aromatic carbocycles. The molecular formula is C19H27N3O. The Labute approximate surface area is 139 Å². The lowest BCUT2D eigenvalue weighted by Crippen LogP contribution is -2.51. The Hall–Kier alpha value is -1.55. The minimum atomic E-state index is 0.307. The van der Waals surface area contributed by atoms with Crippen LogP contribution in [0.25, 0.3) is 0 Å². The van der Waals surface area contributed by atoms with Crippen molar-refractivity contribution in [1.82, 2.24) is 14.7 Å². The van der Waals surface area contributed by atoms with Crippen molar-refractivity contribution in [3.63, 3.8) is 0 Å². The molecule has 4 nitrogen and oxygen atoms in total. The second-order valence-corrected chi connectivity index (χ2v) is 7.29. The molecule has 1 aliphatic carbocycles. The van der Waals surface area contributed by atoms with Crippen LogP contribution in [0.3, 0.4) is 0 Å². The first-order valence-electron chi connectivity index (χ1n) is 9.15. The summed E-state index contributed by atoms with van der Waals surface area (Å²) in [6, 6.07) is 11.9. The molecular weight excluding hydrogens is 286 g/mol. The normalized spacial score (nSPS) is 26.6. The van der Waals surface area contributed by atoms with E-state index in [4.69, 9.17) is 0 Å². The molecule has 3 fully saturated rings. The maximum absolute atomic E-state index is 12.7. The molecule has 0 aromatic heterocycles. The van der Waals surface area contributed by atoms with Crippen LogP contribution in [0.4, 0.5) is 4.79 Å². The number of amides is 2. The number of carbonyl (C=O) groups is 1. The lowest BCUT2D eigenvalue weighted by Gasteiger charge is -2.36. The fraction of sp³-hybridized carbons (Fsp3) is 0.632. The lowest BCUT2D eigenvalue weighted by atomic mass is 9.94. The summed E-state index contributed by atoms with van der Waals surface area (Å²) in [5, 5.41) is 0. The monoisotopic (exact) mass is 313 g/mol. The van der Waals surface area contributed by atoms with Crippen LogP contribution in [0, 0.1) is 0 Å². The van der Waals surface area contributed by atoms with E-state index in [2.05, 4.69) is 45.0 Å². The topological polar surface area (TPSA) is 26.8 Å². The molecule has 1 saturated carbocycles. The Morgan fingerprint density at radius 3 is 2.43 bits per heavy atom. The lowest BCUT2D eigenvalue weighted by molar-refractivity contribution is 0.116. The number of fused-ring (bicyclic) bond motifs is 1. The van der Waals surface area contributed by atoms with E-state index in [1.54, 1.807) is 0 Å². The van der Waals surface area contributed by atoms with Gasteiger partial charge in [-0.05, 0) is 18.4 Å². The zero-order chi connectivity index (χ0) is 15.6. The van der Waals surface area contributed by atoms with Gasteiger partial charge in [0.15, 0.2) is 0 Å². The van der Waals surface area contributed by atoms with E-state index < -0.39 is 0 Å². The molecule has 4 heteroatoms. The summed E-state index contributed by atoms with van der Waals surface area (Å²) in [6.45, 7) is 4.84. The molecule has 0 spiro atoms. The highest BCUT2D eigenvalue weighted by molar-refractivity contribution is 5.77. The third-order valence-corrected chi connectivity index (χ3v) is 5.73. The van der Waals surface area contributed by atoms with Crippen LogP contribution in [0.15, 0.2) is 30.3 Å². The first kappa shape index (κ1) is 15.0. The van der Waals surface area contributed by atoms with E-state index in [1.807, 2.05) is 0 Å². The van der Waals surface area contributed by atoms with Crippen molar-refractivity contribution < 1.29 is 4.79 Å². The smallest absolute Gasteiger partial charge is 0.320 e. The SMILES string of the molecule is O=C1N(C2CCCCC2)C[C@H]2CN(Cc3ccccc3)CCN12. The van der Waals surface area contributed by atoms with Gasteiger partial charge in [0.25, 0.3) is 0 Å². The van der Waals surface area contributed by atoms with Crippen molar-refractivity contribution in [2.24, 2.45) is 0 Å². The highest BCUT2D eigenvalue weighted by Gasteiger charge is 2.43. The van der Waals surface area contributed by atoms with E-state index >= 15 is 0 Å². The molecule has 3 aliphatic rings. The number of nitrogens with zero attached hydrogens (tertiary/aromatic N) is 3. The summed E-state index contributed by atoms with van der Waals surface area (Å²) in [4.78, 5) is 19.6. The predicted molar refractivity (Wildman–Crippen MR) is 91.2 cm³/mol. The van der Waals surface area contributed by atoms with Gasteiger partial charge in [-0.3, -0.25) is 4.90 Å². The van der Waals surface area contributed by atoms with E-state index in [9.17, 15) is 4.79 Å². The molecule has 2 aliphatic heterocycles. The van der Waals surface area contributed by atoms with Crippen LogP contribution >= 0.6 is 0 Å². The summed E-state index contributed by atoms with van der Waals surface area (Å²) in [5.74, 6) is 0. The summed E-state index contributed by atoms with van der Waals surface area (Å²) in [5.41, 5.74) is 1.37. The molecule has 2 amide bonds. The van der Waals surface area contributed by atoms with Crippen molar-refractivity contribution in [2.75, 3.05) is 26.2 Å². The zero-order valence-electron chi connectivity index (χ0n) is 13.9. The fourth-order valence-electron chi connectivity index (χ4n) is 4.48. The largest absolute Gasteiger partial charge is 0.320 e. The molecule has 124 valence electrons. The van der Waals surface area contributed by atoms with Crippen LogP contribution in [-0.2, 0) is 6.54 Å². The molecule has 2 heterocycles. The van der Waals surface area contributed by atoms with Gasteiger partial charge in [0, 0.05) is 38.8 Å². The van der Waals surface area contributed by atoms with Crippen molar-refractivity contribution in [2.45, 2.75) is 50.7 Å². The Morgan fingerprint density at radius 2 is 1.65 bits per heavy atom. The highest BCUT2D eigenvalue weighted by atomic mass is 16.2. The summed E-state index contributed by atoms with van der Waals surface area (Å²) >= 11 is 0. The molecule has 2 saturated heterocycles. The van der Waals surface area contributed by atoms with Crippen LogP contribution in [-0.4, -0.2) is 59.0 Å². The fourth-order valence-corrected chi connectivity index (χ4v) is 4.48. The van der Waals surface area contributed by atoms with E-state index in [1.165, 1.54) is 37.7 Å². The number of hydrogen-bond acceptors (Lipinski definition) is 2. The number of rotatable bonds is 3. The van der Waals surface area contributed by atoms with Crippen LogP contribution in [0.2, 0.25) is 0 Å². The number of carbonyl (C=O) groups excluding carboxylic acids is 1. The number of urea groups is 1. The predicted octanol–water partition coefficient (Wildman–Crippen LogP) is 2.94. The van der Waals surface area contributed by atoms with Gasteiger partial charge in [-0.25, -0.2) is 4.79 Å². The third-order valence-electron chi connectivity index (χ3n) is 5.73. The van der Waals surface area contributed by atoms with Gasteiger partial charge in [-0.1, -0.05) is 49.6 Å². The van der Waals surface area contributed by atoms with Gasteiger partial charge >= 0.3 is 6.03 Å². The van der Waals surface area contributed by atoms with Crippen LogP contribution < -0.4 is 0 Å². The molecule has 1 atom stereocenters.